The van der Waals surface area contributed by atoms with Crippen LogP contribution in [0.4, 0.5) is 5.69 Å². The predicted octanol–water partition coefficient (Wildman–Crippen LogP) is 4.75. The van der Waals surface area contributed by atoms with Crippen molar-refractivity contribution < 1.29 is 9.26 Å². The first-order valence-corrected chi connectivity index (χ1v) is 8.64. The molecule has 0 fully saturated rings. The van der Waals surface area contributed by atoms with Gasteiger partial charge in [-0.1, -0.05) is 30.3 Å². The van der Waals surface area contributed by atoms with Crippen molar-refractivity contribution in [1.29, 1.82) is 0 Å². The van der Waals surface area contributed by atoms with Crippen molar-refractivity contribution in [3.8, 4) is 22.7 Å². The van der Waals surface area contributed by atoms with Crippen LogP contribution < -0.4 is 10.5 Å². The molecule has 0 unspecified atom stereocenters. The zero-order valence-corrected chi connectivity index (χ0v) is 15.1. The van der Waals surface area contributed by atoms with E-state index in [0.717, 1.165) is 57.2 Å². The summed E-state index contributed by atoms with van der Waals surface area (Å²) < 4.78 is 13.0. The molecule has 132 valence electrons. The van der Waals surface area contributed by atoms with Crippen LogP contribution in [0.1, 0.15) is 18.4 Å². The maximum Gasteiger partial charge on any atom is 0.146 e. The zero-order chi connectivity index (χ0) is 18.3. The van der Waals surface area contributed by atoms with Gasteiger partial charge in [0.05, 0.1) is 35.3 Å². The Bertz CT molecular complexity index is 1070. The topological polar surface area (TPSA) is 66.2 Å². The molecule has 4 rings (SSSR count). The van der Waals surface area contributed by atoms with Gasteiger partial charge in [-0.3, -0.25) is 0 Å². The minimum Gasteiger partial charge on any atom is -0.497 e. The second-order valence-corrected chi connectivity index (χ2v) is 6.23. The van der Waals surface area contributed by atoms with E-state index in [4.69, 9.17) is 15.0 Å². The van der Waals surface area contributed by atoms with Gasteiger partial charge in [-0.05, 0) is 37.3 Å². The number of aromatic nitrogens is 2. The lowest BCUT2D eigenvalue weighted by atomic mass is 10.1. The van der Waals surface area contributed by atoms with Crippen LogP contribution in [0, 0.1) is 6.92 Å². The second kappa shape index (κ2) is 6.26. The number of nitrogens with two attached hydrogens (primary N) is 1. The summed E-state index contributed by atoms with van der Waals surface area (Å²) in [5.41, 5.74) is 12.1. The van der Waals surface area contributed by atoms with Crippen molar-refractivity contribution in [2.24, 2.45) is 0 Å². The molecule has 0 aliphatic rings. The molecular formula is C21H21N3O2. The molecule has 0 bridgehead atoms. The monoisotopic (exact) mass is 347 g/mol. The summed E-state index contributed by atoms with van der Waals surface area (Å²) in [6.45, 7) is 4.01. The molecular weight excluding hydrogens is 326 g/mol. The molecule has 0 aliphatic heterocycles. The Balaban J connectivity index is 2.09. The van der Waals surface area contributed by atoms with Gasteiger partial charge in [0.2, 0.25) is 0 Å². The van der Waals surface area contributed by atoms with Gasteiger partial charge in [0, 0.05) is 17.5 Å². The number of hydrogen-bond acceptors (Lipinski definition) is 4. The lowest BCUT2D eigenvalue weighted by Crippen LogP contribution is -2.00. The largest absolute Gasteiger partial charge is 0.497 e. The Morgan fingerprint density at radius 2 is 1.85 bits per heavy atom. The van der Waals surface area contributed by atoms with Gasteiger partial charge in [-0.25, -0.2) is 0 Å². The van der Waals surface area contributed by atoms with Gasteiger partial charge >= 0.3 is 0 Å². The maximum atomic E-state index is 6.60. The van der Waals surface area contributed by atoms with Gasteiger partial charge < -0.3 is 19.6 Å². The van der Waals surface area contributed by atoms with Crippen LogP contribution in [0.3, 0.4) is 0 Å². The molecule has 5 nitrogen and oxygen atoms in total. The molecule has 0 spiro atoms. The second-order valence-electron chi connectivity index (χ2n) is 6.23. The number of methoxy groups -OCH3 is 1. The van der Waals surface area contributed by atoms with Crippen LogP contribution >= 0.6 is 0 Å². The Morgan fingerprint density at radius 3 is 2.54 bits per heavy atom. The van der Waals surface area contributed by atoms with Crippen LogP contribution in [0.5, 0.6) is 5.75 Å². The average Bonchev–Trinajstić information content (AvgIpc) is 3.19. The summed E-state index contributed by atoms with van der Waals surface area (Å²) in [5, 5.41) is 5.19. The average molecular weight is 347 g/mol. The Labute approximate surface area is 152 Å². The van der Waals surface area contributed by atoms with Gasteiger partial charge in [-0.15, -0.1) is 0 Å². The first kappa shape index (κ1) is 16.3. The summed E-state index contributed by atoms with van der Waals surface area (Å²) in [7, 11) is 1.66. The number of aryl methyl sites for hydroxylation is 2. The number of hydrogen-bond donors (Lipinski definition) is 1. The van der Waals surface area contributed by atoms with E-state index in [1.807, 2.05) is 49.4 Å². The number of nitrogen functional groups attached to an aromatic ring is 1. The van der Waals surface area contributed by atoms with Crippen LogP contribution in [0.2, 0.25) is 0 Å². The number of benzene rings is 2. The molecule has 0 atom stereocenters. The fourth-order valence-corrected chi connectivity index (χ4v) is 3.47. The third-order valence-electron chi connectivity index (χ3n) is 4.74. The number of nitrogens with zero attached hydrogens (tertiary/aromatic N) is 2. The van der Waals surface area contributed by atoms with Crippen molar-refractivity contribution in [1.82, 2.24) is 9.72 Å². The van der Waals surface area contributed by atoms with E-state index in [2.05, 4.69) is 22.7 Å². The van der Waals surface area contributed by atoms with Gasteiger partial charge in [-0.2, -0.15) is 0 Å². The van der Waals surface area contributed by atoms with Gasteiger partial charge in [0.25, 0.3) is 0 Å². The molecule has 0 amide bonds. The Kier molecular flexibility index (Phi) is 3.92. The maximum absolute atomic E-state index is 6.60. The highest BCUT2D eigenvalue weighted by molar-refractivity contribution is 6.02. The highest BCUT2D eigenvalue weighted by atomic mass is 16.5. The van der Waals surface area contributed by atoms with Gasteiger partial charge in [0.1, 0.15) is 11.5 Å². The lowest BCUT2D eigenvalue weighted by Gasteiger charge is -2.12. The summed E-state index contributed by atoms with van der Waals surface area (Å²) in [6.07, 6.45) is 0.750. The summed E-state index contributed by atoms with van der Waals surface area (Å²) >= 11 is 0. The zero-order valence-electron chi connectivity index (χ0n) is 15.1. The molecule has 0 saturated heterocycles. The van der Waals surface area contributed by atoms with Crippen LogP contribution in [0.25, 0.3) is 27.8 Å². The van der Waals surface area contributed by atoms with Crippen LogP contribution in [-0.2, 0) is 6.42 Å². The Hall–Kier alpha value is -3.21. The molecule has 2 aromatic carbocycles. The van der Waals surface area contributed by atoms with Crippen molar-refractivity contribution in [2.75, 3.05) is 12.8 Å². The highest BCUT2D eigenvalue weighted by Crippen LogP contribution is 2.41. The number of ether oxygens (including phenoxy) is 1. The van der Waals surface area contributed by atoms with E-state index >= 15 is 0 Å². The SMILES string of the molecule is CCc1onc(C)c1-c1c(N)c2ccccc2n1-c1ccc(OC)cc1. The normalized spacial score (nSPS) is 11.2. The van der Waals surface area contributed by atoms with E-state index in [0.29, 0.717) is 0 Å². The molecule has 4 aromatic rings. The molecule has 5 heteroatoms. The Morgan fingerprint density at radius 1 is 1.12 bits per heavy atom. The predicted molar refractivity (Wildman–Crippen MR) is 104 cm³/mol. The van der Waals surface area contributed by atoms with E-state index in [9.17, 15) is 0 Å². The van der Waals surface area contributed by atoms with Crippen LogP contribution in [0.15, 0.2) is 53.1 Å². The van der Waals surface area contributed by atoms with E-state index in [-0.39, 0.29) is 0 Å². The quantitative estimate of drug-likeness (QED) is 0.579. The van der Waals surface area contributed by atoms with Gasteiger partial charge in [0.15, 0.2) is 0 Å². The van der Waals surface area contributed by atoms with Crippen molar-refractivity contribution in [3.63, 3.8) is 0 Å². The number of rotatable bonds is 4. The van der Waals surface area contributed by atoms with Crippen molar-refractivity contribution >= 4 is 16.6 Å². The molecule has 2 aromatic heterocycles. The molecule has 26 heavy (non-hydrogen) atoms. The van der Waals surface area contributed by atoms with Crippen molar-refractivity contribution in [2.45, 2.75) is 20.3 Å². The number of anilines is 1. The van der Waals surface area contributed by atoms with E-state index < -0.39 is 0 Å². The molecule has 0 aliphatic carbocycles. The number of para-hydroxylation sites is 1. The smallest absolute Gasteiger partial charge is 0.146 e. The highest BCUT2D eigenvalue weighted by Gasteiger charge is 2.24. The summed E-state index contributed by atoms with van der Waals surface area (Å²) in [6, 6.07) is 16.1. The van der Waals surface area contributed by atoms with Crippen molar-refractivity contribution in [3.05, 3.63) is 60.0 Å². The molecule has 2 N–H and O–H groups in total. The fourth-order valence-electron chi connectivity index (χ4n) is 3.47. The first-order valence-electron chi connectivity index (χ1n) is 8.64. The third-order valence-corrected chi connectivity index (χ3v) is 4.74. The van der Waals surface area contributed by atoms with E-state index in [1.54, 1.807) is 7.11 Å². The first-order chi connectivity index (χ1) is 12.7. The molecule has 2 heterocycles. The minimum absolute atomic E-state index is 0.734. The molecule has 0 saturated carbocycles. The number of fused-ring (bicyclic) bond motifs is 1. The van der Waals surface area contributed by atoms with E-state index in [1.165, 1.54) is 0 Å². The molecule has 0 radical (unpaired) electrons. The summed E-state index contributed by atoms with van der Waals surface area (Å²) in [5.74, 6) is 1.65. The third kappa shape index (κ3) is 2.36. The van der Waals surface area contributed by atoms with Crippen LogP contribution in [-0.4, -0.2) is 16.8 Å². The minimum atomic E-state index is 0.734. The standard InChI is InChI=1S/C21H21N3O2/c1-4-18-19(13(2)23-26-18)21-20(22)16-7-5-6-8-17(16)24(21)14-9-11-15(25-3)12-10-14/h5-12H,4,22H2,1-3H3. The summed E-state index contributed by atoms with van der Waals surface area (Å²) in [4.78, 5) is 0. The lowest BCUT2D eigenvalue weighted by molar-refractivity contribution is 0.383. The fraction of sp³-hybridized carbons (Fsp3) is 0.190.